The normalized spacial score (nSPS) is 16.2. The summed E-state index contributed by atoms with van der Waals surface area (Å²) in [5.41, 5.74) is 6.17. The SMILES string of the molecule is NCC1(CC(=O)NCCCNC(=O)c2cccc(F)c2)CCCCC1. The highest BCUT2D eigenvalue weighted by Gasteiger charge is 2.32. The van der Waals surface area contributed by atoms with Crippen LogP contribution in [0.25, 0.3) is 0 Å². The van der Waals surface area contributed by atoms with Crippen molar-refractivity contribution in [2.75, 3.05) is 19.6 Å². The van der Waals surface area contributed by atoms with E-state index in [2.05, 4.69) is 10.6 Å². The van der Waals surface area contributed by atoms with E-state index in [-0.39, 0.29) is 17.2 Å². The maximum atomic E-state index is 13.1. The molecule has 2 amide bonds. The van der Waals surface area contributed by atoms with Gasteiger partial charge in [-0.3, -0.25) is 9.59 Å². The van der Waals surface area contributed by atoms with Crippen LogP contribution in [0.15, 0.2) is 24.3 Å². The van der Waals surface area contributed by atoms with Crippen LogP contribution in [0.1, 0.15) is 55.3 Å². The largest absolute Gasteiger partial charge is 0.356 e. The Morgan fingerprint density at radius 2 is 1.84 bits per heavy atom. The Kier molecular flexibility index (Phi) is 7.37. The molecule has 0 saturated heterocycles. The maximum Gasteiger partial charge on any atom is 0.251 e. The molecule has 0 aromatic heterocycles. The van der Waals surface area contributed by atoms with Gasteiger partial charge in [-0.15, -0.1) is 0 Å². The monoisotopic (exact) mass is 349 g/mol. The van der Waals surface area contributed by atoms with Gasteiger partial charge in [0.25, 0.3) is 5.91 Å². The number of carbonyl (C=O) groups excluding carboxylic acids is 2. The Balaban J connectivity index is 1.63. The first kappa shape index (κ1) is 19.4. The number of nitrogens with one attached hydrogen (secondary N) is 2. The molecule has 0 atom stereocenters. The first-order valence-electron chi connectivity index (χ1n) is 9.05. The zero-order valence-electron chi connectivity index (χ0n) is 14.7. The topological polar surface area (TPSA) is 84.2 Å². The number of carbonyl (C=O) groups is 2. The quantitative estimate of drug-likeness (QED) is 0.630. The molecule has 1 fully saturated rings. The van der Waals surface area contributed by atoms with Crippen LogP contribution < -0.4 is 16.4 Å². The molecule has 1 aromatic rings. The van der Waals surface area contributed by atoms with E-state index < -0.39 is 5.82 Å². The van der Waals surface area contributed by atoms with Gasteiger partial charge >= 0.3 is 0 Å². The van der Waals surface area contributed by atoms with Gasteiger partial charge in [0.15, 0.2) is 0 Å². The Labute approximate surface area is 148 Å². The van der Waals surface area contributed by atoms with E-state index in [0.717, 1.165) is 25.7 Å². The zero-order valence-corrected chi connectivity index (χ0v) is 14.7. The highest BCUT2D eigenvalue weighted by atomic mass is 19.1. The summed E-state index contributed by atoms with van der Waals surface area (Å²) in [5, 5.41) is 5.63. The van der Waals surface area contributed by atoms with E-state index in [1.54, 1.807) is 6.07 Å². The van der Waals surface area contributed by atoms with Crippen LogP contribution in [0.4, 0.5) is 4.39 Å². The lowest BCUT2D eigenvalue weighted by Gasteiger charge is -2.35. The molecule has 1 aromatic carbocycles. The van der Waals surface area contributed by atoms with Gasteiger partial charge in [0.1, 0.15) is 5.82 Å². The number of benzene rings is 1. The molecule has 25 heavy (non-hydrogen) atoms. The predicted molar refractivity (Wildman–Crippen MR) is 95.5 cm³/mol. The van der Waals surface area contributed by atoms with Crippen molar-refractivity contribution in [3.05, 3.63) is 35.6 Å². The molecule has 1 aliphatic carbocycles. The molecule has 2 rings (SSSR count). The Bertz CT molecular complexity index is 586. The molecule has 0 aliphatic heterocycles. The molecule has 138 valence electrons. The Hall–Kier alpha value is -1.95. The lowest BCUT2D eigenvalue weighted by atomic mass is 9.71. The van der Waals surface area contributed by atoms with Crippen molar-refractivity contribution < 1.29 is 14.0 Å². The van der Waals surface area contributed by atoms with E-state index in [1.165, 1.54) is 24.6 Å². The third-order valence-electron chi connectivity index (χ3n) is 4.93. The number of hydrogen-bond donors (Lipinski definition) is 3. The molecular weight excluding hydrogens is 321 g/mol. The standard InChI is InChI=1S/C19H28FN3O2/c20-16-7-4-6-15(12-16)18(25)23-11-5-10-22-17(24)13-19(14-21)8-2-1-3-9-19/h4,6-7,12H,1-3,5,8-11,13-14,21H2,(H,22,24)(H,23,25). The fourth-order valence-electron chi connectivity index (χ4n) is 3.41. The minimum Gasteiger partial charge on any atom is -0.356 e. The van der Waals surface area contributed by atoms with E-state index in [1.807, 2.05) is 0 Å². The third kappa shape index (κ3) is 6.12. The summed E-state index contributed by atoms with van der Waals surface area (Å²) in [6.45, 7) is 1.49. The molecule has 4 N–H and O–H groups in total. The summed E-state index contributed by atoms with van der Waals surface area (Å²) >= 11 is 0. The van der Waals surface area contributed by atoms with Crippen LogP contribution >= 0.6 is 0 Å². The van der Waals surface area contributed by atoms with Crippen LogP contribution in [0, 0.1) is 11.2 Å². The second-order valence-corrected chi connectivity index (χ2v) is 6.91. The molecular formula is C19H28FN3O2. The molecule has 0 bridgehead atoms. The minimum atomic E-state index is -0.434. The van der Waals surface area contributed by atoms with E-state index in [4.69, 9.17) is 5.73 Å². The molecule has 1 saturated carbocycles. The second-order valence-electron chi connectivity index (χ2n) is 6.91. The summed E-state index contributed by atoms with van der Waals surface area (Å²) < 4.78 is 13.1. The van der Waals surface area contributed by atoms with Crippen molar-refractivity contribution in [3.8, 4) is 0 Å². The molecule has 5 nitrogen and oxygen atoms in total. The molecule has 0 heterocycles. The summed E-state index contributed by atoms with van der Waals surface area (Å²) in [7, 11) is 0. The van der Waals surface area contributed by atoms with Crippen molar-refractivity contribution >= 4 is 11.8 Å². The van der Waals surface area contributed by atoms with Gasteiger partial charge in [-0.2, -0.15) is 0 Å². The lowest BCUT2D eigenvalue weighted by Crippen LogP contribution is -2.39. The average Bonchev–Trinajstić information content (AvgIpc) is 2.62. The molecule has 0 spiro atoms. The first-order chi connectivity index (χ1) is 12.0. The van der Waals surface area contributed by atoms with Crippen LogP contribution in [0.2, 0.25) is 0 Å². The van der Waals surface area contributed by atoms with Crippen LogP contribution in [-0.2, 0) is 4.79 Å². The summed E-state index contributed by atoms with van der Waals surface area (Å²) in [5.74, 6) is -0.713. The van der Waals surface area contributed by atoms with Crippen molar-refractivity contribution in [2.45, 2.75) is 44.9 Å². The number of halogens is 1. The maximum absolute atomic E-state index is 13.1. The molecule has 0 radical (unpaired) electrons. The lowest BCUT2D eigenvalue weighted by molar-refractivity contribution is -0.123. The number of rotatable bonds is 8. The van der Waals surface area contributed by atoms with E-state index in [9.17, 15) is 14.0 Å². The molecule has 1 aliphatic rings. The smallest absolute Gasteiger partial charge is 0.251 e. The Morgan fingerprint density at radius 1 is 1.12 bits per heavy atom. The minimum absolute atomic E-state index is 0.0313. The summed E-state index contributed by atoms with van der Waals surface area (Å²) in [4.78, 5) is 24.0. The molecule has 6 heteroatoms. The van der Waals surface area contributed by atoms with Gasteiger partial charge in [0.2, 0.25) is 5.91 Å². The fraction of sp³-hybridized carbons (Fsp3) is 0.579. The van der Waals surface area contributed by atoms with Crippen molar-refractivity contribution in [2.24, 2.45) is 11.1 Å². The molecule has 0 unspecified atom stereocenters. The average molecular weight is 349 g/mol. The number of hydrogen-bond acceptors (Lipinski definition) is 3. The van der Waals surface area contributed by atoms with Crippen LogP contribution in [-0.4, -0.2) is 31.4 Å². The first-order valence-corrected chi connectivity index (χ1v) is 9.05. The van der Waals surface area contributed by atoms with Gasteiger partial charge in [-0.25, -0.2) is 4.39 Å². The van der Waals surface area contributed by atoms with Gasteiger partial charge in [0.05, 0.1) is 0 Å². The number of amides is 2. The fourth-order valence-corrected chi connectivity index (χ4v) is 3.41. The van der Waals surface area contributed by atoms with Crippen molar-refractivity contribution in [3.63, 3.8) is 0 Å². The number of nitrogens with two attached hydrogens (primary N) is 1. The summed E-state index contributed by atoms with van der Waals surface area (Å²) in [6, 6.07) is 5.57. The predicted octanol–water partition coefficient (Wildman–Crippen LogP) is 2.36. The van der Waals surface area contributed by atoms with E-state index >= 15 is 0 Å². The van der Waals surface area contributed by atoms with Crippen LogP contribution in [0.5, 0.6) is 0 Å². The highest BCUT2D eigenvalue weighted by Crippen LogP contribution is 2.38. The van der Waals surface area contributed by atoms with Crippen molar-refractivity contribution in [1.82, 2.24) is 10.6 Å². The van der Waals surface area contributed by atoms with Gasteiger partial charge in [-0.05, 0) is 49.4 Å². The van der Waals surface area contributed by atoms with Gasteiger partial charge in [-0.1, -0.05) is 25.3 Å². The Morgan fingerprint density at radius 3 is 2.52 bits per heavy atom. The zero-order chi connectivity index (χ0) is 18.1. The van der Waals surface area contributed by atoms with Crippen molar-refractivity contribution in [1.29, 1.82) is 0 Å². The van der Waals surface area contributed by atoms with E-state index in [0.29, 0.717) is 38.0 Å². The van der Waals surface area contributed by atoms with Crippen LogP contribution in [0.3, 0.4) is 0 Å². The summed E-state index contributed by atoms with van der Waals surface area (Å²) in [6.07, 6.45) is 6.70. The third-order valence-corrected chi connectivity index (χ3v) is 4.93. The van der Waals surface area contributed by atoms with Gasteiger partial charge in [0, 0.05) is 25.1 Å². The highest BCUT2D eigenvalue weighted by molar-refractivity contribution is 5.94. The second kappa shape index (κ2) is 9.51. The van der Waals surface area contributed by atoms with Gasteiger partial charge < -0.3 is 16.4 Å².